The van der Waals surface area contributed by atoms with Gasteiger partial charge in [-0.05, 0) is 32.4 Å². The maximum atomic E-state index is 11.2. The van der Waals surface area contributed by atoms with Crippen LogP contribution in [0.4, 0.5) is 0 Å². The average Bonchev–Trinajstić information content (AvgIpc) is 2.08. The Morgan fingerprint density at radius 2 is 2.36 bits per heavy atom. The van der Waals surface area contributed by atoms with Crippen LogP contribution >= 0.6 is 0 Å². The molecule has 1 N–H and O–H groups in total. The Labute approximate surface area is 83.8 Å². The summed E-state index contributed by atoms with van der Waals surface area (Å²) in [4.78, 5) is 11.2. The molecule has 1 aliphatic heterocycles. The zero-order valence-corrected chi connectivity index (χ0v) is 8.49. The Kier molecular flexibility index (Phi) is 2.68. The van der Waals surface area contributed by atoms with Crippen LogP contribution in [0.5, 0.6) is 0 Å². The first-order valence-corrected chi connectivity index (χ1v) is 5.13. The smallest absolute Gasteiger partial charge is 0.184 e. The first-order chi connectivity index (χ1) is 6.75. The standard InChI is InChI=1S/C11H16N2O/c1-9-8-13(5-3-11(9)14)4-2-10-6-12-7-10/h3,5,8,10,12H,2,4,6-7H2,1H3. The van der Waals surface area contributed by atoms with E-state index in [1.54, 1.807) is 6.07 Å². The molecule has 1 saturated heterocycles. The molecule has 2 rings (SSSR count). The minimum Gasteiger partial charge on any atom is -0.354 e. The molecule has 14 heavy (non-hydrogen) atoms. The first kappa shape index (κ1) is 9.46. The first-order valence-electron chi connectivity index (χ1n) is 5.13. The molecule has 0 unspecified atom stereocenters. The Morgan fingerprint density at radius 1 is 1.57 bits per heavy atom. The van der Waals surface area contributed by atoms with Crippen molar-refractivity contribution in [1.82, 2.24) is 9.88 Å². The Morgan fingerprint density at radius 3 is 2.93 bits per heavy atom. The van der Waals surface area contributed by atoms with Crippen LogP contribution in [0.3, 0.4) is 0 Å². The number of nitrogens with zero attached hydrogens (tertiary/aromatic N) is 1. The Hall–Kier alpha value is -1.09. The van der Waals surface area contributed by atoms with Gasteiger partial charge in [-0.3, -0.25) is 4.79 Å². The Bertz CT molecular complexity index is 366. The molecule has 1 aliphatic rings. The van der Waals surface area contributed by atoms with Crippen molar-refractivity contribution in [3.8, 4) is 0 Å². The lowest BCUT2D eigenvalue weighted by Gasteiger charge is -2.27. The third-order valence-electron chi connectivity index (χ3n) is 2.83. The van der Waals surface area contributed by atoms with Gasteiger partial charge in [-0.15, -0.1) is 0 Å². The van der Waals surface area contributed by atoms with Crippen LogP contribution in [0.25, 0.3) is 0 Å². The molecule has 1 aromatic rings. The van der Waals surface area contributed by atoms with E-state index in [9.17, 15) is 4.79 Å². The second-order valence-corrected chi connectivity index (χ2v) is 4.04. The quantitative estimate of drug-likeness (QED) is 0.767. The van der Waals surface area contributed by atoms with Gasteiger partial charge >= 0.3 is 0 Å². The summed E-state index contributed by atoms with van der Waals surface area (Å²) in [5, 5.41) is 3.26. The van der Waals surface area contributed by atoms with Gasteiger partial charge in [0.1, 0.15) is 0 Å². The fourth-order valence-electron chi connectivity index (χ4n) is 1.67. The fraction of sp³-hybridized carbons (Fsp3) is 0.545. The molecule has 0 saturated carbocycles. The van der Waals surface area contributed by atoms with Gasteiger partial charge in [0.25, 0.3) is 0 Å². The van der Waals surface area contributed by atoms with Gasteiger partial charge in [-0.2, -0.15) is 0 Å². The molecule has 0 amide bonds. The van der Waals surface area contributed by atoms with Gasteiger partial charge in [0, 0.05) is 30.6 Å². The van der Waals surface area contributed by atoms with Gasteiger partial charge in [0.2, 0.25) is 0 Å². The third kappa shape index (κ3) is 2.04. The molecule has 0 atom stereocenters. The molecular formula is C11H16N2O. The van der Waals surface area contributed by atoms with Crippen LogP contribution in [0.15, 0.2) is 23.3 Å². The van der Waals surface area contributed by atoms with E-state index in [-0.39, 0.29) is 5.43 Å². The predicted octanol–water partition coefficient (Wildman–Crippen LogP) is 0.766. The van der Waals surface area contributed by atoms with E-state index < -0.39 is 0 Å². The topological polar surface area (TPSA) is 34.0 Å². The van der Waals surface area contributed by atoms with Crippen molar-refractivity contribution < 1.29 is 0 Å². The lowest BCUT2D eigenvalue weighted by atomic mass is 9.99. The minimum atomic E-state index is 0.131. The number of rotatable bonds is 3. The molecule has 0 aliphatic carbocycles. The zero-order chi connectivity index (χ0) is 9.97. The highest BCUT2D eigenvalue weighted by Crippen LogP contribution is 2.09. The number of hydrogen-bond acceptors (Lipinski definition) is 2. The summed E-state index contributed by atoms with van der Waals surface area (Å²) in [7, 11) is 0. The fourth-order valence-corrected chi connectivity index (χ4v) is 1.67. The SMILES string of the molecule is Cc1cn(CCC2CNC2)ccc1=O. The number of aromatic nitrogens is 1. The molecule has 3 heteroatoms. The summed E-state index contributed by atoms with van der Waals surface area (Å²) in [5.41, 5.74) is 0.964. The van der Waals surface area contributed by atoms with Crippen molar-refractivity contribution in [3.05, 3.63) is 34.2 Å². The monoisotopic (exact) mass is 192 g/mol. The van der Waals surface area contributed by atoms with Crippen LogP contribution in [-0.4, -0.2) is 17.7 Å². The molecule has 1 fully saturated rings. The minimum absolute atomic E-state index is 0.131. The summed E-state index contributed by atoms with van der Waals surface area (Å²) in [6.07, 6.45) is 5.02. The van der Waals surface area contributed by atoms with Crippen molar-refractivity contribution in [2.75, 3.05) is 13.1 Å². The zero-order valence-electron chi connectivity index (χ0n) is 8.49. The molecule has 76 valence electrons. The summed E-state index contributed by atoms with van der Waals surface area (Å²) in [6.45, 7) is 5.19. The van der Waals surface area contributed by atoms with Gasteiger partial charge in [0.05, 0.1) is 0 Å². The molecular weight excluding hydrogens is 176 g/mol. The number of aryl methyl sites for hydroxylation is 2. The number of hydrogen-bond donors (Lipinski definition) is 1. The van der Waals surface area contributed by atoms with Gasteiger partial charge in [0.15, 0.2) is 5.43 Å². The van der Waals surface area contributed by atoms with Gasteiger partial charge < -0.3 is 9.88 Å². The molecule has 0 radical (unpaired) electrons. The highest BCUT2D eigenvalue weighted by atomic mass is 16.1. The van der Waals surface area contributed by atoms with E-state index in [4.69, 9.17) is 0 Å². The highest BCUT2D eigenvalue weighted by molar-refractivity contribution is 5.07. The molecule has 1 aromatic heterocycles. The van der Waals surface area contributed by atoms with Crippen LogP contribution in [0, 0.1) is 12.8 Å². The lowest BCUT2D eigenvalue weighted by Crippen LogP contribution is -2.42. The van der Waals surface area contributed by atoms with Crippen LogP contribution in [-0.2, 0) is 6.54 Å². The predicted molar refractivity (Wildman–Crippen MR) is 56.4 cm³/mol. The summed E-state index contributed by atoms with van der Waals surface area (Å²) >= 11 is 0. The van der Waals surface area contributed by atoms with E-state index in [1.807, 2.05) is 19.3 Å². The summed E-state index contributed by atoms with van der Waals surface area (Å²) in [5.74, 6) is 0.828. The van der Waals surface area contributed by atoms with E-state index in [0.29, 0.717) is 0 Å². The molecule has 0 bridgehead atoms. The van der Waals surface area contributed by atoms with Crippen molar-refractivity contribution in [2.24, 2.45) is 5.92 Å². The molecule has 3 nitrogen and oxygen atoms in total. The lowest BCUT2D eigenvalue weighted by molar-refractivity contribution is 0.312. The van der Waals surface area contributed by atoms with E-state index in [1.165, 1.54) is 6.42 Å². The Balaban J connectivity index is 1.95. The molecule has 0 spiro atoms. The van der Waals surface area contributed by atoms with Crippen LogP contribution in [0.1, 0.15) is 12.0 Å². The normalized spacial score (nSPS) is 16.6. The largest absolute Gasteiger partial charge is 0.354 e. The van der Waals surface area contributed by atoms with E-state index in [0.717, 1.165) is 31.1 Å². The van der Waals surface area contributed by atoms with Crippen LogP contribution < -0.4 is 10.7 Å². The second kappa shape index (κ2) is 3.96. The maximum absolute atomic E-state index is 11.2. The van der Waals surface area contributed by atoms with Crippen molar-refractivity contribution >= 4 is 0 Å². The van der Waals surface area contributed by atoms with Crippen molar-refractivity contribution in [1.29, 1.82) is 0 Å². The van der Waals surface area contributed by atoms with Gasteiger partial charge in [-0.1, -0.05) is 0 Å². The third-order valence-corrected chi connectivity index (χ3v) is 2.83. The second-order valence-electron chi connectivity index (χ2n) is 4.04. The van der Waals surface area contributed by atoms with Gasteiger partial charge in [-0.25, -0.2) is 0 Å². The van der Waals surface area contributed by atoms with Crippen molar-refractivity contribution in [2.45, 2.75) is 19.9 Å². The van der Waals surface area contributed by atoms with E-state index in [2.05, 4.69) is 9.88 Å². The number of pyridine rings is 1. The van der Waals surface area contributed by atoms with Crippen LogP contribution in [0.2, 0.25) is 0 Å². The highest BCUT2D eigenvalue weighted by Gasteiger charge is 2.15. The van der Waals surface area contributed by atoms with Crippen molar-refractivity contribution in [3.63, 3.8) is 0 Å². The number of nitrogens with one attached hydrogen (secondary N) is 1. The van der Waals surface area contributed by atoms with E-state index >= 15 is 0 Å². The average molecular weight is 192 g/mol. The molecule has 0 aromatic carbocycles. The summed E-state index contributed by atoms with van der Waals surface area (Å²) < 4.78 is 2.11. The maximum Gasteiger partial charge on any atom is 0.184 e. The molecule has 2 heterocycles. The summed E-state index contributed by atoms with van der Waals surface area (Å²) in [6, 6.07) is 1.65.